The largest absolute Gasteiger partial charge is 0.493 e. The maximum absolute atomic E-state index is 10.8. The van der Waals surface area contributed by atoms with E-state index in [1.165, 1.54) is 21.3 Å². The van der Waals surface area contributed by atoms with E-state index in [0.717, 1.165) is 0 Å². The van der Waals surface area contributed by atoms with E-state index in [4.69, 9.17) is 19.5 Å². The number of hydrogen-bond donors (Lipinski definition) is 0. The first-order valence-electron chi connectivity index (χ1n) is 4.86. The lowest BCUT2D eigenvalue weighted by molar-refractivity contribution is -0.108. The molecule has 0 aliphatic rings. The molecule has 5 nitrogen and oxygen atoms in total. The van der Waals surface area contributed by atoms with Gasteiger partial charge in [0.2, 0.25) is 5.75 Å². The van der Waals surface area contributed by atoms with E-state index in [1.54, 1.807) is 12.1 Å². The highest BCUT2D eigenvalue weighted by atomic mass is 16.5. The summed E-state index contributed by atoms with van der Waals surface area (Å²) in [4.78, 5) is 10.8. The normalized spacial score (nSPS) is 11.2. The lowest BCUT2D eigenvalue weighted by Crippen LogP contribution is -2.01. The van der Waals surface area contributed by atoms with Gasteiger partial charge in [0.15, 0.2) is 11.5 Å². The van der Waals surface area contributed by atoms with Gasteiger partial charge in [-0.25, -0.2) is 0 Å². The minimum absolute atomic E-state index is 0.420. The van der Waals surface area contributed by atoms with Crippen molar-refractivity contribution < 1.29 is 19.0 Å². The lowest BCUT2D eigenvalue weighted by atomic mass is 10.0. The van der Waals surface area contributed by atoms with Crippen LogP contribution in [0, 0.1) is 11.3 Å². The van der Waals surface area contributed by atoms with Crippen molar-refractivity contribution in [1.82, 2.24) is 0 Å². The van der Waals surface area contributed by atoms with Gasteiger partial charge in [0, 0.05) is 0 Å². The van der Waals surface area contributed by atoms with E-state index in [1.807, 2.05) is 6.07 Å². The van der Waals surface area contributed by atoms with Crippen molar-refractivity contribution >= 4 is 6.29 Å². The van der Waals surface area contributed by atoms with Gasteiger partial charge in [0.05, 0.1) is 27.4 Å². The van der Waals surface area contributed by atoms with Gasteiger partial charge in [0.1, 0.15) is 12.2 Å². The summed E-state index contributed by atoms with van der Waals surface area (Å²) in [6, 6.07) is 5.06. The molecule has 0 spiro atoms. The monoisotopic (exact) mass is 235 g/mol. The fraction of sp³-hybridized carbons (Fsp3) is 0.333. The van der Waals surface area contributed by atoms with Gasteiger partial charge >= 0.3 is 0 Å². The minimum Gasteiger partial charge on any atom is -0.493 e. The number of nitriles is 1. The van der Waals surface area contributed by atoms with Crippen molar-refractivity contribution in [3.05, 3.63) is 17.7 Å². The molecule has 0 bridgehead atoms. The molecule has 1 aromatic rings. The number of hydrogen-bond acceptors (Lipinski definition) is 5. The Labute approximate surface area is 99.5 Å². The summed E-state index contributed by atoms with van der Waals surface area (Å²) in [6.45, 7) is 0. The van der Waals surface area contributed by atoms with Gasteiger partial charge in [-0.2, -0.15) is 5.26 Å². The molecule has 1 unspecified atom stereocenters. The van der Waals surface area contributed by atoms with E-state index in [-0.39, 0.29) is 0 Å². The Kier molecular flexibility index (Phi) is 4.35. The summed E-state index contributed by atoms with van der Waals surface area (Å²) < 4.78 is 15.4. The Morgan fingerprint density at radius 1 is 1.18 bits per heavy atom. The molecule has 0 saturated heterocycles. The second-order valence-corrected chi connectivity index (χ2v) is 3.20. The molecule has 0 amide bonds. The molecule has 1 atom stereocenters. The first-order chi connectivity index (χ1) is 8.21. The number of aldehydes is 1. The van der Waals surface area contributed by atoms with Crippen molar-refractivity contribution in [2.75, 3.05) is 21.3 Å². The average molecular weight is 235 g/mol. The molecule has 0 saturated carbocycles. The van der Waals surface area contributed by atoms with Crippen LogP contribution in [0.5, 0.6) is 17.2 Å². The third-order valence-electron chi connectivity index (χ3n) is 2.32. The summed E-state index contributed by atoms with van der Waals surface area (Å²) >= 11 is 0. The van der Waals surface area contributed by atoms with E-state index in [2.05, 4.69) is 0 Å². The molecular weight excluding hydrogens is 222 g/mol. The third-order valence-corrected chi connectivity index (χ3v) is 2.32. The van der Waals surface area contributed by atoms with Crippen LogP contribution in [0.25, 0.3) is 0 Å². The Morgan fingerprint density at radius 2 is 1.71 bits per heavy atom. The topological polar surface area (TPSA) is 68.5 Å². The zero-order valence-corrected chi connectivity index (χ0v) is 9.89. The van der Waals surface area contributed by atoms with Gasteiger partial charge in [-0.05, 0) is 17.7 Å². The standard InChI is InChI=1S/C12H13NO4/c1-15-10-4-8(9(6-13)7-14)5-11(16-2)12(10)17-3/h4-5,7,9H,1-3H3. The summed E-state index contributed by atoms with van der Waals surface area (Å²) in [6.07, 6.45) is 0.570. The van der Waals surface area contributed by atoms with Crippen molar-refractivity contribution in [3.63, 3.8) is 0 Å². The minimum atomic E-state index is -0.844. The van der Waals surface area contributed by atoms with Crippen LogP contribution < -0.4 is 14.2 Å². The molecule has 0 heterocycles. The molecule has 17 heavy (non-hydrogen) atoms. The van der Waals surface area contributed by atoms with Crippen LogP contribution in [0.4, 0.5) is 0 Å². The van der Waals surface area contributed by atoms with Gasteiger partial charge in [-0.3, -0.25) is 0 Å². The van der Waals surface area contributed by atoms with Gasteiger partial charge in [-0.1, -0.05) is 0 Å². The summed E-state index contributed by atoms with van der Waals surface area (Å²) in [5.74, 6) is 0.429. The van der Waals surface area contributed by atoms with Crippen LogP contribution in [-0.2, 0) is 4.79 Å². The number of rotatable bonds is 5. The highest BCUT2D eigenvalue weighted by Crippen LogP contribution is 2.39. The molecule has 90 valence electrons. The van der Waals surface area contributed by atoms with Crippen LogP contribution in [-0.4, -0.2) is 27.6 Å². The lowest BCUT2D eigenvalue weighted by Gasteiger charge is -2.14. The van der Waals surface area contributed by atoms with Crippen LogP contribution in [0.15, 0.2) is 12.1 Å². The van der Waals surface area contributed by atoms with Crippen LogP contribution >= 0.6 is 0 Å². The SMILES string of the molecule is COc1cc(C(C#N)C=O)cc(OC)c1OC. The molecule has 0 fully saturated rings. The van der Waals surface area contributed by atoms with Gasteiger partial charge in [0.25, 0.3) is 0 Å². The number of carbonyl (C=O) groups is 1. The maximum atomic E-state index is 10.8. The number of benzene rings is 1. The summed E-state index contributed by atoms with van der Waals surface area (Å²) in [5, 5.41) is 8.84. The second-order valence-electron chi connectivity index (χ2n) is 3.20. The molecule has 0 aromatic heterocycles. The van der Waals surface area contributed by atoms with Gasteiger partial charge in [-0.15, -0.1) is 0 Å². The first-order valence-corrected chi connectivity index (χ1v) is 4.86. The fourth-order valence-corrected chi connectivity index (χ4v) is 1.46. The molecule has 0 aliphatic heterocycles. The Morgan fingerprint density at radius 3 is 2.00 bits per heavy atom. The van der Waals surface area contributed by atoms with Crippen molar-refractivity contribution in [2.24, 2.45) is 0 Å². The van der Waals surface area contributed by atoms with E-state index in [9.17, 15) is 4.79 Å². The predicted molar refractivity (Wildman–Crippen MR) is 60.5 cm³/mol. The van der Waals surface area contributed by atoms with E-state index < -0.39 is 5.92 Å². The maximum Gasteiger partial charge on any atom is 0.203 e. The molecule has 0 radical (unpaired) electrons. The number of methoxy groups -OCH3 is 3. The van der Waals surface area contributed by atoms with Crippen LogP contribution in [0.2, 0.25) is 0 Å². The summed E-state index contributed by atoms with van der Waals surface area (Å²) in [7, 11) is 4.44. The summed E-state index contributed by atoms with van der Waals surface area (Å²) in [5.41, 5.74) is 0.511. The Balaban J connectivity index is 3.37. The van der Waals surface area contributed by atoms with Crippen LogP contribution in [0.3, 0.4) is 0 Å². The Hall–Kier alpha value is -2.22. The van der Waals surface area contributed by atoms with Crippen LogP contribution in [0.1, 0.15) is 11.5 Å². The molecule has 0 N–H and O–H groups in total. The number of carbonyl (C=O) groups excluding carboxylic acids is 1. The molecule has 0 aliphatic carbocycles. The third kappa shape index (κ3) is 2.48. The molecular formula is C12H13NO4. The highest BCUT2D eigenvalue weighted by molar-refractivity contribution is 5.69. The highest BCUT2D eigenvalue weighted by Gasteiger charge is 2.17. The molecule has 1 rings (SSSR count). The predicted octanol–water partition coefficient (Wildman–Crippen LogP) is 1.52. The van der Waals surface area contributed by atoms with Gasteiger partial charge < -0.3 is 19.0 Å². The van der Waals surface area contributed by atoms with E-state index >= 15 is 0 Å². The second kappa shape index (κ2) is 5.75. The fourth-order valence-electron chi connectivity index (χ4n) is 1.46. The quantitative estimate of drug-likeness (QED) is 0.724. The van der Waals surface area contributed by atoms with Crippen molar-refractivity contribution in [3.8, 4) is 23.3 Å². The zero-order valence-electron chi connectivity index (χ0n) is 9.89. The number of ether oxygens (including phenoxy) is 3. The number of nitrogens with zero attached hydrogens (tertiary/aromatic N) is 1. The zero-order chi connectivity index (χ0) is 12.8. The smallest absolute Gasteiger partial charge is 0.203 e. The van der Waals surface area contributed by atoms with Crippen molar-refractivity contribution in [1.29, 1.82) is 5.26 Å². The Bertz CT molecular complexity index is 425. The average Bonchev–Trinajstić information content (AvgIpc) is 2.38. The van der Waals surface area contributed by atoms with Crippen molar-refractivity contribution in [2.45, 2.75) is 5.92 Å². The molecule has 5 heteroatoms. The van der Waals surface area contributed by atoms with E-state index in [0.29, 0.717) is 29.1 Å². The first kappa shape index (κ1) is 12.8. The molecule has 1 aromatic carbocycles.